The van der Waals surface area contributed by atoms with E-state index in [1.807, 2.05) is 24.3 Å². The highest BCUT2D eigenvalue weighted by atomic mass is 16.3. The first-order valence-electron chi connectivity index (χ1n) is 7.12. The van der Waals surface area contributed by atoms with Crippen molar-refractivity contribution in [3.63, 3.8) is 0 Å². The molecule has 1 aromatic carbocycles. The Labute approximate surface area is 118 Å². The van der Waals surface area contributed by atoms with E-state index in [9.17, 15) is 5.11 Å². The van der Waals surface area contributed by atoms with Gasteiger partial charge in [0.25, 0.3) is 0 Å². The zero-order chi connectivity index (χ0) is 13.9. The van der Waals surface area contributed by atoms with Crippen LogP contribution in [0.5, 0.6) is 0 Å². The maximum atomic E-state index is 10.1. The van der Waals surface area contributed by atoms with E-state index in [-0.39, 0.29) is 18.6 Å². The summed E-state index contributed by atoms with van der Waals surface area (Å²) in [4.78, 5) is 6.77. The van der Waals surface area contributed by atoms with Crippen molar-refractivity contribution in [3.05, 3.63) is 42.1 Å². The van der Waals surface area contributed by atoms with E-state index in [2.05, 4.69) is 22.0 Å². The number of rotatable bonds is 4. The van der Waals surface area contributed by atoms with Crippen LogP contribution in [0.1, 0.15) is 5.69 Å². The summed E-state index contributed by atoms with van der Waals surface area (Å²) >= 11 is 0. The highest BCUT2D eigenvalue weighted by Crippen LogP contribution is 2.21. The number of fused-ring (bicyclic) bond motifs is 1. The van der Waals surface area contributed by atoms with Crippen molar-refractivity contribution in [1.82, 2.24) is 9.88 Å². The molecule has 4 heteroatoms. The number of pyridine rings is 1. The quantitative estimate of drug-likeness (QED) is 0.874. The Morgan fingerprint density at radius 3 is 2.85 bits per heavy atom. The van der Waals surface area contributed by atoms with Crippen LogP contribution in [0, 0.1) is 5.92 Å². The zero-order valence-corrected chi connectivity index (χ0v) is 11.4. The minimum Gasteiger partial charge on any atom is -0.395 e. The van der Waals surface area contributed by atoms with Gasteiger partial charge in [0.2, 0.25) is 0 Å². The van der Waals surface area contributed by atoms with Crippen molar-refractivity contribution in [3.8, 4) is 0 Å². The van der Waals surface area contributed by atoms with Crippen molar-refractivity contribution >= 4 is 10.9 Å². The number of aromatic nitrogens is 1. The van der Waals surface area contributed by atoms with Crippen LogP contribution in [0.3, 0.4) is 0 Å². The molecule has 2 aromatic rings. The van der Waals surface area contributed by atoms with E-state index in [0.717, 1.165) is 29.6 Å². The molecule has 4 nitrogen and oxygen atoms in total. The summed E-state index contributed by atoms with van der Waals surface area (Å²) in [5, 5.41) is 20.2. The molecule has 0 unspecified atom stereocenters. The minimum absolute atomic E-state index is 0.146. The third-order valence-electron chi connectivity index (χ3n) is 4.03. The number of aliphatic hydroxyl groups excluding tert-OH is 2. The highest BCUT2D eigenvalue weighted by Gasteiger charge is 2.31. The van der Waals surface area contributed by atoms with Gasteiger partial charge in [0, 0.05) is 36.6 Å². The van der Waals surface area contributed by atoms with E-state index < -0.39 is 0 Å². The Balaban J connectivity index is 1.73. The number of aliphatic hydroxyl groups is 2. The number of hydrogen-bond acceptors (Lipinski definition) is 4. The van der Waals surface area contributed by atoms with E-state index in [4.69, 9.17) is 5.11 Å². The molecule has 0 radical (unpaired) electrons. The standard InChI is InChI=1S/C16H20N2O2/c19-8-7-18-10-13(16(20)11-18)9-14-6-5-12-3-1-2-4-15(12)17-14/h1-6,13,16,19-20H,7-11H2/t13-,16-/m1/s1. The van der Waals surface area contributed by atoms with E-state index in [1.165, 1.54) is 0 Å². The lowest BCUT2D eigenvalue weighted by atomic mass is 9.99. The van der Waals surface area contributed by atoms with Gasteiger partial charge in [-0.2, -0.15) is 0 Å². The summed E-state index contributed by atoms with van der Waals surface area (Å²) < 4.78 is 0. The lowest BCUT2D eigenvalue weighted by molar-refractivity contribution is 0.138. The van der Waals surface area contributed by atoms with E-state index in [0.29, 0.717) is 13.1 Å². The van der Waals surface area contributed by atoms with Gasteiger partial charge in [-0.25, -0.2) is 0 Å². The molecule has 0 bridgehead atoms. The molecule has 1 aliphatic rings. The molecule has 3 rings (SSSR count). The predicted molar refractivity (Wildman–Crippen MR) is 78.5 cm³/mol. The summed E-state index contributed by atoms with van der Waals surface area (Å²) in [5.74, 6) is 0.204. The molecule has 1 aliphatic heterocycles. The summed E-state index contributed by atoms with van der Waals surface area (Å²) in [6.45, 7) is 2.27. The Kier molecular flexibility index (Phi) is 3.96. The fourth-order valence-electron chi connectivity index (χ4n) is 2.96. The van der Waals surface area contributed by atoms with E-state index >= 15 is 0 Å². The third-order valence-corrected chi connectivity index (χ3v) is 4.03. The summed E-state index contributed by atoms with van der Waals surface area (Å²) in [6.07, 6.45) is 0.461. The second-order valence-corrected chi connectivity index (χ2v) is 5.51. The van der Waals surface area contributed by atoms with Crippen LogP contribution in [-0.4, -0.2) is 52.4 Å². The minimum atomic E-state index is -0.324. The fourth-order valence-corrected chi connectivity index (χ4v) is 2.96. The number of β-amino-alcohol motifs (C(OH)–C–C–N with tert-alkyl or cyclic N) is 2. The van der Waals surface area contributed by atoms with Crippen molar-refractivity contribution in [1.29, 1.82) is 0 Å². The number of likely N-dealkylation sites (tertiary alicyclic amines) is 1. The van der Waals surface area contributed by atoms with Crippen molar-refractivity contribution in [2.75, 3.05) is 26.2 Å². The number of hydrogen-bond donors (Lipinski definition) is 2. The van der Waals surface area contributed by atoms with Gasteiger partial charge in [-0.05, 0) is 18.6 Å². The van der Waals surface area contributed by atoms with Gasteiger partial charge in [0.1, 0.15) is 0 Å². The van der Waals surface area contributed by atoms with E-state index in [1.54, 1.807) is 0 Å². The molecule has 20 heavy (non-hydrogen) atoms. The van der Waals surface area contributed by atoms with Gasteiger partial charge in [-0.15, -0.1) is 0 Å². The average Bonchev–Trinajstić information content (AvgIpc) is 2.79. The van der Waals surface area contributed by atoms with Crippen molar-refractivity contribution in [2.45, 2.75) is 12.5 Å². The smallest absolute Gasteiger partial charge is 0.0711 e. The molecule has 0 aliphatic carbocycles. The molecule has 0 saturated carbocycles. The molecule has 0 amide bonds. The van der Waals surface area contributed by atoms with Crippen LogP contribution in [0.15, 0.2) is 36.4 Å². The first-order valence-corrected chi connectivity index (χ1v) is 7.12. The maximum Gasteiger partial charge on any atom is 0.0711 e. The van der Waals surface area contributed by atoms with Gasteiger partial charge in [-0.1, -0.05) is 24.3 Å². The monoisotopic (exact) mass is 272 g/mol. The Hall–Kier alpha value is -1.49. The highest BCUT2D eigenvalue weighted by molar-refractivity contribution is 5.78. The van der Waals surface area contributed by atoms with Crippen molar-refractivity contribution in [2.24, 2.45) is 5.92 Å². The van der Waals surface area contributed by atoms with Crippen LogP contribution in [0.2, 0.25) is 0 Å². The lowest BCUT2D eigenvalue weighted by Gasteiger charge is -2.14. The molecule has 2 atom stereocenters. The van der Waals surface area contributed by atoms with Gasteiger partial charge in [-0.3, -0.25) is 9.88 Å². The fraction of sp³-hybridized carbons (Fsp3) is 0.438. The van der Waals surface area contributed by atoms with Gasteiger partial charge < -0.3 is 10.2 Å². The first kappa shape index (κ1) is 13.5. The van der Waals surface area contributed by atoms with Gasteiger partial charge in [0.05, 0.1) is 18.2 Å². The number of benzene rings is 1. The largest absolute Gasteiger partial charge is 0.395 e. The molecular weight excluding hydrogens is 252 g/mol. The molecule has 1 aromatic heterocycles. The average molecular weight is 272 g/mol. The molecule has 0 spiro atoms. The van der Waals surface area contributed by atoms with Gasteiger partial charge in [0.15, 0.2) is 0 Å². The predicted octanol–water partition coefficient (Wildman–Crippen LogP) is 1.06. The Morgan fingerprint density at radius 2 is 2.00 bits per heavy atom. The summed E-state index contributed by atoms with van der Waals surface area (Å²) in [7, 11) is 0. The third kappa shape index (κ3) is 2.82. The van der Waals surface area contributed by atoms with Crippen LogP contribution in [-0.2, 0) is 6.42 Å². The lowest BCUT2D eigenvalue weighted by Crippen LogP contribution is -2.25. The topological polar surface area (TPSA) is 56.6 Å². The zero-order valence-electron chi connectivity index (χ0n) is 11.4. The molecule has 1 fully saturated rings. The first-order chi connectivity index (χ1) is 9.76. The van der Waals surface area contributed by atoms with Gasteiger partial charge >= 0.3 is 0 Å². The molecule has 106 valence electrons. The SMILES string of the molecule is OCCN1C[C@@H](Cc2ccc3ccccc3n2)[C@H](O)C1. The maximum absolute atomic E-state index is 10.1. The molecular formula is C16H20N2O2. The number of nitrogens with zero attached hydrogens (tertiary/aromatic N) is 2. The van der Waals surface area contributed by atoms with Crippen LogP contribution in [0.25, 0.3) is 10.9 Å². The molecule has 2 N–H and O–H groups in total. The van der Waals surface area contributed by atoms with Crippen LogP contribution < -0.4 is 0 Å². The van der Waals surface area contributed by atoms with Crippen LogP contribution >= 0.6 is 0 Å². The Bertz CT molecular complexity index is 587. The molecule has 2 heterocycles. The summed E-state index contributed by atoms with van der Waals surface area (Å²) in [5.41, 5.74) is 2.03. The second-order valence-electron chi connectivity index (χ2n) is 5.51. The number of para-hydroxylation sites is 1. The normalized spacial score (nSPS) is 23.5. The molecule has 1 saturated heterocycles. The van der Waals surface area contributed by atoms with Crippen molar-refractivity contribution < 1.29 is 10.2 Å². The summed E-state index contributed by atoms with van der Waals surface area (Å²) in [6, 6.07) is 12.2. The van der Waals surface area contributed by atoms with Crippen LogP contribution in [0.4, 0.5) is 0 Å². The second kappa shape index (κ2) is 5.87. The Morgan fingerprint density at radius 1 is 1.15 bits per heavy atom.